The molecule has 0 saturated carbocycles. The van der Waals surface area contributed by atoms with Crippen molar-refractivity contribution in [3.05, 3.63) is 63.8 Å². The Labute approximate surface area is 151 Å². The second-order valence-corrected chi connectivity index (χ2v) is 6.32. The molecule has 0 atom stereocenters. The summed E-state index contributed by atoms with van der Waals surface area (Å²) in [6.45, 7) is 9.57. The molecule has 23 heavy (non-hydrogen) atoms. The average molecular weight is 423 g/mol. The Balaban J connectivity index is 2.17. The van der Waals surface area contributed by atoms with Crippen LogP contribution in [0.4, 0.5) is 5.69 Å². The number of rotatable bonds is 8. The van der Waals surface area contributed by atoms with Gasteiger partial charge in [0.25, 0.3) is 0 Å². The zero-order valence-corrected chi connectivity index (χ0v) is 15.7. The van der Waals surface area contributed by atoms with Crippen molar-refractivity contribution < 1.29 is 9.47 Å². The quantitative estimate of drug-likeness (QED) is 0.469. The van der Waals surface area contributed by atoms with Gasteiger partial charge in [-0.15, -0.1) is 0 Å². The van der Waals surface area contributed by atoms with Crippen molar-refractivity contribution in [1.29, 1.82) is 0 Å². The molecule has 122 valence electrons. The Morgan fingerprint density at radius 2 is 2.04 bits per heavy atom. The monoisotopic (exact) mass is 423 g/mol. The van der Waals surface area contributed by atoms with Gasteiger partial charge in [0.15, 0.2) is 11.5 Å². The number of aryl methyl sites for hydroxylation is 1. The maximum absolute atomic E-state index is 5.73. The lowest BCUT2D eigenvalue weighted by molar-refractivity contribution is 0.295. The van der Waals surface area contributed by atoms with Gasteiger partial charge in [-0.25, -0.2) is 0 Å². The van der Waals surface area contributed by atoms with Gasteiger partial charge in [0.2, 0.25) is 0 Å². The lowest BCUT2D eigenvalue weighted by Gasteiger charge is -2.15. The Hall–Kier alpha value is -1.69. The van der Waals surface area contributed by atoms with Gasteiger partial charge in [-0.1, -0.05) is 24.8 Å². The number of benzene rings is 2. The first-order valence-electron chi connectivity index (χ1n) is 7.63. The van der Waals surface area contributed by atoms with E-state index in [1.165, 1.54) is 5.56 Å². The summed E-state index contributed by atoms with van der Waals surface area (Å²) < 4.78 is 12.5. The number of hydrogen-bond acceptors (Lipinski definition) is 3. The largest absolute Gasteiger partial charge is 0.490 e. The van der Waals surface area contributed by atoms with Crippen LogP contribution in [0.3, 0.4) is 0 Å². The molecule has 0 unspecified atom stereocenters. The van der Waals surface area contributed by atoms with Gasteiger partial charge in [0.1, 0.15) is 6.61 Å². The van der Waals surface area contributed by atoms with Gasteiger partial charge in [0.05, 0.1) is 10.2 Å². The predicted octanol–water partition coefficient (Wildman–Crippen LogP) is 5.18. The Bertz CT molecular complexity index is 670. The molecule has 0 heterocycles. The predicted molar refractivity (Wildman–Crippen MR) is 105 cm³/mol. The van der Waals surface area contributed by atoms with E-state index in [0.29, 0.717) is 13.2 Å². The number of nitrogens with one attached hydrogen (secondary N) is 1. The Morgan fingerprint density at radius 3 is 2.74 bits per heavy atom. The summed E-state index contributed by atoms with van der Waals surface area (Å²) in [5.41, 5.74) is 3.52. The van der Waals surface area contributed by atoms with Gasteiger partial charge in [-0.05, 0) is 71.8 Å². The second kappa shape index (κ2) is 8.82. The van der Waals surface area contributed by atoms with Crippen LogP contribution in [0.15, 0.2) is 49.1 Å². The van der Waals surface area contributed by atoms with E-state index < -0.39 is 0 Å². The number of halogens is 1. The number of ether oxygens (including phenoxy) is 2. The topological polar surface area (TPSA) is 30.5 Å². The maximum Gasteiger partial charge on any atom is 0.174 e. The summed E-state index contributed by atoms with van der Waals surface area (Å²) in [6.07, 6.45) is 1.74. The molecule has 3 nitrogen and oxygen atoms in total. The van der Waals surface area contributed by atoms with Crippen molar-refractivity contribution in [1.82, 2.24) is 0 Å². The third-order valence-electron chi connectivity index (χ3n) is 3.23. The highest BCUT2D eigenvalue weighted by molar-refractivity contribution is 14.1. The molecule has 0 aliphatic rings. The molecule has 4 heteroatoms. The van der Waals surface area contributed by atoms with E-state index in [-0.39, 0.29) is 0 Å². The molecule has 2 aromatic carbocycles. The Kier molecular flexibility index (Phi) is 6.77. The smallest absolute Gasteiger partial charge is 0.174 e. The van der Waals surface area contributed by atoms with Crippen molar-refractivity contribution in [2.24, 2.45) is 0 Å². The van der Waals surface area contributed by atoms with Crippen LogP contribution in [0.25, 0.3) is 0 Å². The molecule has 0 saturated heterocycles. The molecule has 0 spiro atoms. The molecule has 0 radical (unpaired) electrons. The summed E-state index contributed by atoms with van der Waals surface area (Å²) in [7, 11) is 0. The van der Waals surface area contributed by atoms with Crippen molar-refractivity contribution in [2.45, 2.75) is 20.4 Å². The van der Waals surface area contributed by atoms with Crippen LogP contribution in [0, 0.1) is 10.5 Å². The summed E-state index contributed by atoms with van der Waals surface area (Å²) in [5, 5.41) is 3.45. The summed E-state index contributed by atoms with van der Waals surface area (Å²) >= 11 is 2.28. The van der Waals surface area contributed by atoms with Crippen LogP contribution in [-0.2, 0) is 6.54 Å². The molecule has 2 aromatic rings. The fourth-order valence-electron chi connectivity index (χ4n) is 2.23. The van der Waals surface area contributed by atoms with Crippen LogP contribution < -0.4 is 14.8 Å². The van der Waals surface area contributed by atoms with Gasteiger partial charge in [-0.2, -0.15) is 0 Å². The third kappa shape index (κ3) is 5.16. The van der Waals surface area contributed by atoms with E-state index in [4.69, 9.17) is 9.47 Å². The third-order valence-corrected chi connectivity index (χ3v) is 4.03. The SMILES string of the molecule is C=CCOc1c(I)cc(CNc2cccc(C)c2)cc1OCC. The first-order chi connectivity index (χ1) is 11.1. The molecule has 0 bridgehead atoms. The lowest BCUT2D eigenvalue weighted by Crippen LogP contribution is -2.04. The first-order valence-corrected chi connectivity index (χ1v) is 8.71. The average Bonchev–Trinajstić information content (AvgIpc) is 2.52. The summed E-state index contributed by atoms with van der Waals surface area (Å²) in [6, 6.07) is 12.5. The van der Waals surface area contributed by atoms with Gasteiger partial charge < -0.3 is 14.8 Å². The van der Waals surface area contributed by atoms with Crippen LogP contribution >= 0.6 is 22.6 Å². The van der Waals surface area contributed by atoms with E-state index >= 15 is 0 Å². The van der Waals surface area contributed by atoms with Crippen molar-refractivity contribution >= 4 is 28.3 Å². The highest BCUT2D eigenvalue weighted by atomic mass is 127. The molecule has 0 aromatic heterocycles. The van der Waals surface area contributed by atoms with Gasteiger partial charge in [0, 0.05) is 12.2 Å². The minimum absolute atomic E-state index is 0.469. The van der Waals surface area contributed by atoms with Crippen LogP contribution in [0.1, 0.15) is 18.1 Å². The standard InChI is InChI=1S/C19H22INO2/c1-4-9-23-19-17(20)11-15(12-18(19)22-5-2)13-21-16-8-6-7-14(3)10-16/h4,6-8,10-12,21H,1,5,9,13H2,2-3H3. The molecule has 1 N–H and O–H groups in total. The van der Waals surface area contributed by atoms with E-state index in [1.807, 2.05) is 13.0 Å². The van der Waals surface area contributed by atoms with E-state index in [1.54, 1.807) is 6.08 Å². The highest BCUT2D eigenvalue weighted by Crippen LogP contribution is 2.34. The molecule has 0 aliphatic heterocycles. The lowest BCUT2D eigenvalue weighted by atomic mass is 10.2. The molecular weight excluding hydrogens is 401 g/mol. The minimum Gasteiger partial charge on any atom is -0.490 e. The summed E-state index contributed by atoms with van der Waals surface area (Å²) in [5.74, 6) is 1.56. The first kappa shape index (κ1) is 17.7. The van der Waals surface area contributed by atoms with E-state index in [0.717, 1.165) is 32.9 Å². The molecule has 2 rings (SSSR count). The van der Waals surface area contributed by atoms with Crippen molar-refractivity contribution in [2.75, 3.05) is 18.5 Å². The van der Waals surface area contributed by atoms with Crippen LogP contribution in [0.5, 0.6) is 11.5 Å². The van der Waals surface area contributed by atoms with Crippen LogP contribution in [-0.4, -0.2) is 13.2 Å². The molecule has 0 aliphatic carbocycles. The number of hydrogen-bond donors (Lipinski definition) is 1. The number of anilines is 1. The Morgan fingerprint density at radius 1 is 1.22 bits per heavy atom. The van der Waals surface area contributed by atoms with Crippen molar-refractivity contribution in [3.8, 4) is 11.5 Å². The van der Waals surface area contributed by atoms with Gasteiger partial charge >= 0.3 is 0 Å². The molecule has 0 amide bonds. The fourth-order valence-corrected chi connectivity index (χ4v) is 3.05. The van der Waals surface area contributed by atoms with E-state index in [9.17, 15) is 0 Å². The van der Waals surface area contributed by atoms with Crippen molar-refractivity contribution in [3.63, 3.8) is 0 Å². The van der Waals surface area contributed by atoms with E-state index in [2.05, 4.69) is 71.7 Å². The molecular formula is C19H22INO2. The normalized spacial score (nSPS) is 10.2. The summed E-state index contributed by atoms with van der Waals surface area (Å²) in [4.78, 5) is 0. The second-order valence-electron chi connectivity index (χ2n) is 5.16. The zero-order valence-electron chi connectivity index (χ0n) is 13.6. The van der Waals surface area contributed by atoms with Crippen LogP contribution in [0.2, 0.25) is 0 Å². The minimum atomic E-state index is 0.469. The fraction of sp³-hybridized carbons (Fsp3) is 0.263. The molecule has 0 fully saturated rings. The zero-order chi connectivity index (χ0) is 16.7. The van der Waals surface area contributed by atoms with Gasteiger partial charge in [-0.3, -0.25) is 0 Å². The maximum atomic E-state index is 5.73. The highest BCUT2D eigenvalue weighted by Gasteiger charge is 2.12.